The minimum absolute atomic E-state index is 0.0816. The van der Waals surface area contributed by atoms with Crippen molar-refractivity contribution < 1.29 is 4.79 Å². The molecule has 0 aliphatic carbocycles. The molecular weight excluding hydrogens is 102 g/mol. The minimum Gasteiger partial charge on any atom is -0.343 e. The number of nitrogens with one attached hydrogen (secondary N) is 1. The van der Waals surface area contributed by atoms with Crippen LogP contribution in [-0.4, -0.2) is 11.9 Å². The van der Waals surface area contributed by atoms with Gasteiger partial charge in [-0.3, -0.25) is 4.79 Å². The van der Waals surface area contributed by atoms with Crippen molar-refractivity contribution in [2.24, 2.45) is 0 Å². The molecule has 1 radical (unpaired) electrons. The summed E-state index contributed by atoms with van der Waals surface area (Å²) in [7, 11) is 0. The molecule has 0 heterocycles. The molecule has 47 valence electrons. The highest BCUT2D eigenvalue weighted by molar-refractivity contribution is 5.48. The third-order valence-electron chi connectivity index (χ3n) is 1.27. The zero-order valence-corrected chi connectivity index (χ0v) is 5.62. The van der Waals surface area contributed by atoms with E-state index in [1.807, 2.05) is 20.8 Å². The van der Waals surface area contributed by atoms with Crippen LogP contribution in [0.1, 0.15) is 27.2 Å². The van der Waals surface area contributed by atoms with E-state index in [-0.39, 0.29) is 5.54 Å². The van der Waals surface area contributed by atoms with E-state index >= 15 is 0 Å². The van der Waals surface area contributed by atoms with Crippen molar-refractivity contribution in [1.82, 2.24) is 5.32 Å². The first-order valence-corrected chi connectivity index (χ1v) is 2.76. The molecule has 0 bridgehead atoms. The van der Waals surface area contributed by atoms with Gasteiger partial charge in [0.05, 0.1) is 0 Å². The standard InChI is InChI=1S/C6H12NO/c1-4-6(2,3)7-5-8/h4H2,1-3H3,(H,7,8). The Balaban J connectivity index is 3.53. The monoisotopic (exact) mass is 114 g/mol. The molecule has 2 heteroatoms. The third kappa shape index (κ3) is 2.61. The fourth-order valence-electron chi connectivity index (χ4n) is 0.227. The predicted octanol–water partition coefficient (Wildman–Crippen LogP) is 0.832. The second-order valence-electron chi connectivity index (χ2n) is 2.46. The first-order valence-electron chi connectivity index (χ1n) is 2.76. The number of hydrogen-bond donors (Lipinski definition) is 1. The number of amides is 1. The Hall–Kier alpha value is -0.530. The molecule has 0 rings (SSSR count). The van der Waals surface area contributed by atoms with Crippen LogP contribution in [-0.2, 0) is 4.79 Å². The molecule has 0 spiro atoms. The van der Waals surface area contributed by atoms with Gasteiger partial charge in [0.2, 0.25) is 0 Å². The fourth-order valence-corrected chi connectivity index (χ4v) is 0.227. The van der Waals surface area contributed by atoms with Crippen LogP contribution in [0, 0.1) is 0 Å². The van der Waals surface area contributed by atoms with Gasteiger partial charge < -0.3 is 5.32 Å². The third-order valence-corrected chi connectivity index (χ3v) is 1.27. The predicted molar refractivity (Wildman–Crippen MR) is 33.2 cm³/mol. The molecule has 0 atom stereocenters. The molecule has 0 aromatic rings. The van der Waals surface area contributed by atoms with E-state index in [0.29, 0.717) is 0 Å². The van der Waals surface area contributed by atoms with Crippen molar-refractivity contribution in [3.8, 4) is 0 Å². The van der Waals surface area contributed by atoms with E-state index in [1.165, 1.54) is 0 Å². The van der Waals surface area contributed by atoms with Gasteiger partial charge in [0.25, 0.3) is 0 Å². The molecule has 1 amide bonds. The number of rotatable bonds is 3. The Morgan fingerprint density at radius 1 is 1.62 bits per heavy atom. The van der Waals surface area contributed by atoms with E-state index in [0.717, 1.165) is 6.42 Å². The molecule has 1 N–H and O–H groups in total. The van der Waals surface area contributed by atoms with Gasteiger partial charge in [0, 0.05) is 5.54 Å². The van der Waals surface area contributed by atoms with E-state index in [1.54, 1.807) is 6.41 Å². The topological polar surface area (TPSA) is 29.1 Å². The van der Waals surface area contributed by atoms with Gasteiger partial charge in [-0.05, 0) is 20.3 Å². The van der Waals surface area contributed by atoms with Crippen LogP contribution in [0.2, 0.25) is 0 Å². The van der Waals surface area contributed by atoms with Gasteiger partial charge in [0.15, 0.2) is 0 Å². The summed E-state index contributed by atoms with van der Waals surface area (Å²) in [5.41, 5.74) is -0.0816. The summed E-state index contributed by atoms with van der Waals surface area (Å²) in [4.78, 5) is 9.74. The maximum atomic E-state index is 9.74. The maximum Gasteiger partial charge on any atom is 0.309 e. The first-order chi connectivity index (χ1) is 3.62. The lowest BCUT2D eigenvalue weighted by atomic mass is 10.0. The van der Waals surface area contributed by atoms with Gasteiger partial charge in [-0.15, -0.1) is 0 Å². The second kappa shape index (κ2) is 2.70. The van der Waals surface area contributed by atoms with E-state index in [2.05, 4.69) is 5.32 Å². The summed E-state index contributed by atoms with van der Waals surface area (Å²) in [5, 5.41) is 2.57. The Labute approximate surface area is 50.3 Å². The van der Waals surface area contributed by atoms with Crippen LogP contribution in [0.15, 0.2) is 0 Å². The SMILES string of the molecule is CCC(C)(C)N[C]=O. The van der Waals surface area contributed by atoms with Crippen LogP contribution >= 0.6 is 0 Å². The molecule has 0 unspecified atom stereocenters. The van der Waals surface area contributed by atoms with Gasteiger partial charge in [-0.2, -0.15) is 0 Å². The average Bonchev–Trinajstić information content (AvgIpc) is 1.67. The quantitative estimate of drug-likeness (QED) is 0.541. The Kier molecular flexibility index (Phi) is 2.52. The molecule has 0 aliphatic rings. The highest BCUT2D eigenvalue weighted by Crippen LogP contribution is 2.04. The summed E-state index contributed by atoms with van der Waals surface area (Å²) in [5.74, 6) is 0. The van der Waals surface area contributed by atoms with Crippen LogP contribution in [0.25, 0.3) is 0 Å². The largest absolute Gasteiger partial charge is 0.343 e. The first kappa shape index (κ1) is 7.47. The molecule has 0 saturated carbocycles. The lowest BCUT2D eigenvalue weighted by molar-refractivity contribution is 0.423. The van der Waals surface area contributed by atoms with Crippen molar-refractivity contribution in [2.45, 2.75) is 32.7 Å². The zero-order valence-electron chi connectivity index (χ0n) is 5.62. The molecular formula is C6H12NO. The van der Waals surface area contributed by atoms with Gasteiger partial charge in [-0.1, -0.05) is 6.92 Å². The van der Waals surface area contributed by atoms with E-state index in [4.69, 9.17) is 0 Å². The Bertz CT molecular complexity index is 78.6. The van der Waals surface area contributed by atoms with Crippen LogP contribution < -0.4 is 5.32 Å². The zero-order chi connectivity index (χ0) is 6.62. The van der Waals surface area contributed by atoms with Crippen molar-refractivity contribution in [2.75, 3.05) is 0 Å². The summed E-state index contributed by atoms with van der Waals surface area (Å²) in [6.07, 6.45) is 2.59. The van der Waals surface area contributed by atoms with Crippen molar-refractivity contribution >= 4 is 6.41 Å². The number of hydrogen-bond acceptors (Lipinski definition) is 1. The summed E-state index contributed by atoms with van der Waals surface area (Å²) >= 11 is 0. The smallest absolute Gasteiger partial charge is 0.309 e. The summed E-state index contributed by atoms with van der Waals surface area (Å²) in [6.45, 7) is 5.93. The van der Waals surface area contributed by atoms with Crippen molar-refractivity contribution in [1.29, 1.82) is 0 Å². The molecule has 0 aliphatic heterocycles. The van der Waals surface area contributed by atoms with Gasteiger partial charge >= 0.3 is 6.41 Å². The van der Waals surface area contributed by atoms with Crippen molar-refractivity contribution in [3.05, 3.63) is 0 Å². The van der Waals surface area contributed by atoms with Crippen LogP contribution in [0.5, 0.6) is 0 Å². The lowest BCUT2D eigenvalue weighted by Gasteiger charge is -2.19. The summed E-state index contributed by atoms with van der Waals surface area (Å²) < 4.78 is 0. The highest BCUT2D eigenvalue weighted by atomic mass is 16.1. The van der Waals surface area contributed by atoms with Gasteiger partial charge in [0.1, 0.15) is 0 Å². The molecule has 2 nitrogen and oxygen atoms in total. The fraction of sp³-hybridized carbons (Fsp3) is 0.833. The van der Waals surface area contributed by atoms with Gasteiger partial charge in [-0.25, -0.2) is 0 Å². The van der Waals surface area contributed by atoms with E-state index in [9.17, 15) is 4.79 Å². The minimum atomic E-state index is -0.0816. The van der Waals surface area contributed by atoms with E-state index < -0.39 is 0 Å². The average molecular weight is 114 g/mol. The molecule has 0 fully saturated rings. The summed E-state index contributed by atoms with van der Waals surface area (Å²) in [6, 6.07) is 0. The number of carbonyl (C=O) groups excluding carboxylic acids is 1. The van der Waals surface area contributed by atoms with Crippen LogP contribution in [0.3, 0.4) is 0 Å². The van der Waals surface area contributed by atoms with Crippen LogP contribution in [0.4, 0.5) is 0 Å². The molecule has 0 aromatic heterocycles. The maximum absolute atomic E-state index is 9.74. The molecule has 8 heavy (non-hydrogen) atoms. The molecule has 0 saturated heterocycles. The van der Waals surface area contributed by atoms with Crippen molar-refractivity contribution in [3.63, 3.8) is 0 Å². The Morgan fingerprint density at radius 3 is 2.25 bits per heavy atom. The highest BCUT2D eigenvalue weighted by Gasteiger charge is 2.11. The Morgan fingerprint density at radius 2 is 2.12 bits per heavy atom. The lowest BCUT2D eigenvalue weighted by Crippen LogP contribution is -2.37. The second-order valence-corrected chi connectivity index (χ2v) is 2.46. The molecule has 0 aromatic carbocycles. The normalized spacial score (nSPS) is 10.9.